The first-order valence-electron chi connectivity index (χ1n) is 4.92. The lowest BCUT2D eigenvalue weighted by Gasteiger charge is -2.04. The van der Waals surface area contributed by atoms with Crippen LogP contribution in [0, 0.1) is 11.0 Å². The number of hydrogen-bond donors (Lipinski definition) is 0. The van der Waals surface area contributed by atoms with Gasteiger partial charge in [0, 0.05) is 22.4 Å². The van der Waals surface area contributed by atoms with Crippen LogP contribution in [0.2, 0.25) is 0 Å². The highest BCUT2D eigenvalue weighted by atomic mass is 79.9. The Bertz CT molecular complexity index is 536. The van der Waals surface area contributed by atoms with Gasteiger partial charge >= 0.3 is 0 Å². The summed E-state index contributed by atoms with van der Waals surface area (Å²) in [7, 11) is 0. The maximum absolute atomic E-state index is 13.5. The topological polar surface area (TPSA) is 26.9 Å². The summed E-state index contributed by atoms with van der Waals surface area (Å²) in [6.07, 6.45) is 1.43. The smallest absolute Gasteiger partial charge is 0.251 e. The van der Waals surface area contributed by atoms with E-state index in [-0.39, 0.29) is 5.82 Å². The molecule has 88 valence electrons. The second-order valence-electron chi connectivity index (χ2n) is 3.39. The van der Waals surface area contributed by atoms with Crippen LogP contribution in [-0.2, 0) is 5.75 Å². The van der Waals surface area contributed by atoms with Crippen molar-refractivity contribution in [2.75, 3.05) is 0 Å². The Morgan fingerprint density at radius 2 is 2.12 bits per heavy atom. The van der Waals surface area contributed by atoms with Crippen LogP contribution in [0.3, 0.4) is 0 Å². The second kappa shape index (κ2) is 5.51. The summed E-state index contributed by atoms with van der Waals surface area (Å²) >= 11 is 4.52. The molecule has 2 rings (SSSR count). The number of halogens is 2. The van der Waals surface area contributed by atoms with Crippen molar-refractivity contribution in [2.45, 2.75) is 10.8 Å². The minimum atomic E-state index is -0.264. The lowest BCUT2D eigenvalue weighted by atomic mass is 10.2. The highest BCUT2D eigenvalue weighted by molar-refractivity contribution is 9.10. The molecule has 0 saturated heterocycles. The Labute approximate surface area is 111 Å². The van der Waals surface area contributed by atoms with Gasteiger partial charge in [-0.05, 0) is 23.8 Å². The third-order valence-corrected chi connectivity index (χ3v) is 3.74. The molecule has 1 heterocycles. The first-order chi connectivity index (χ1) is 8.16. The summed E-state index contributed by atoms with van der Waals surface area (Å²) in [6, 6.07) is 10.1. The van der Waals surface area contributed by atoms with E-state index in [0.29, 0.717) is 20.8 Å². The summed E-state index contributed by atoms with van der Waals surface area (Å²) in [5.74, 6) is 0.172. The van der Waals surface area contributed by atoms with Crippen LogP contribution in [0.25, 0.3) is 0 Å². The molecule has 5 heteroatoms. The van der Waals surface area contributed by atoms with E-state index in [1.807, 2.05) is 0 Å². The van der Waals surface area contributed by atoms with E-state index in [4.69, 9.17) is 0 Å². The first kappa shape index (κ1) is 12.4. The van der Waals surface area contributed by atoms with Crippen molar-refractivity contribution in [1.82, 2.24) is 0 Å². The quantitative estimate of drug-likeness (QED) is 0.492. The highest BCUT2D eigenvalue weighted by Crippen LogP contribution is 2.23. The standard InChI is InChI=1S/C12H9BrFNOS/c13-10-5-4-9(11(14)7-10)8-17-12-3-1-2-6-15(12)16/h1-7H,8H2. The van der Waals surface area contributed by atoms with E-state index >= 15 is 0 Å². The molecule has 0 aliphatic rings. The Morgan fingerprint density at radius 3 is 2.82 bits per heavy atom. The van der Waals surface area contributed by atoms with Gasteiger partial charge in [0.1, 0.15) is 5.82 Å². The number of nitrogens with zero attached hydrogens (tertiary/aromatic N) is 1. The number of hydrogen-bond acceptors (Lipinski definition) is 2. The number of pyridine rings is 1. The molecule has 1 aromatic heterocycles. The second-order valence-corrected chi connectivity index (χ2v) is 5.30. The average molecular weight is 314 g/mol. The molecule has 0 aliphatic carbocycles. The average Bonchev–Trinajstić information content (AvgIpc) is 2.30. The summed E-state index contributed by atoms with van der Waals surface area (Å²) in [6.45, 7) is 0. The molecule has 0 atom stereocenters. The number of rotatable bonds is 3. The van der Waals surface area contributed by atoms with Crippen molar-refractivity contribution in [3.05, 3.63) is 63.7 Å². The normalized spacial score (nSPS) is 10.5. The molecule has 1 aromatic carbocycles. The molecule has 2 aromatic rings. The van der Waals surface area contributed by atoms with Crippen LogP contribution >= 0.6 is 27.7 Å². The van der Waals surface area contributed by atoms with Crippen LogP contribution in [0.1, 0.15) is 5.56 Å². The number of aromatic nitrogens is 1. The van der Waals surface area contributed by atoms with Gasteiger partial charge in [-0.2, -0.15) is 4.73 Å². The fourth-order valence-electron chi connectivity index (χ4n) is 1.31. The van der Waals surface area contributed by atoms with Crippen molar-refractivity contribution in [3.8, 4) is 0 Å². The summed E-state index contributed by atoms with van der Waals surface area (Å²) in [5, 5.41) is 11.9. The SMILES string of the molecule is [O-][n+]1ccccc1SCc1ccc(Br)cc1F. The molecule has 0 N–H and O–H groups in total. The van der Waals surface area contributed by atoms with E-state index in [1.54, 1.807) is 30.3 Å². The van der Waals surface area contributed by atoms with Crippen LogP contribution < -0.4 is 4.73 Å². The molecule has 0 fully saturated rings. The highest BCUT2D eigenvalue weighted by Gasteiger charge is 2.08. The number of benzene rings is 1. The van der Waals surface area contributed by atoms with Gasteiger partial charge in [0.05, 0.1) is 0 Å². The van der Waals surface area contributed by atoms with Gasteiger partial charge in [0.2, 0.25) is 0 Å². The van der Waals surface area contributed by atoms with Gasteiger partial charge in [-0.1, -0.05) is 33.8 Å². The Balaban J connectivity index is 2.10. The molecule has 0 aliphatic heterocycles. The molecule has 0 unspecified atom stereocenters. The van der Waals surface area contributed by atoms with Gasteiger partial charge in [0.15, 0.2) is 6.20 Å². The fraction of sp³-hybridized carbons (Fsp3) is 0.0833. The Morgan fingerprint density at radius 1 is 1.29 bits per heavy atom. The summed E-state index contributed by atoms with van der Waals surface area (Å²) in [4.78, 5) is 0. The van der Waals surface area contributed by atoms with Gasteiger partial charge in [-0.15, -0.1) is 0 Å². The van der Waals surface area contributed by atoms with Crippen molar-refractivity contribution < 1.29 is 9.12 Å². The Hall–Kier alpha value is -1.07. The van der Waals surface area contributed by atoms with Crippen molar-refractivity contribution in [3.63, 3.8) is 0 Å². The zero-order valence-corrected chi connectivity index (χ0v) is 11.2. The van der Waals surface area contributed by atoms with Crippen LogP contribution in [0.5, 0.6) is 0 Å². The van der Waals surface area contributed by atoms with E-state index < -0.39 is 0 Å². The molecule has 0 amide bonds. The molecule has 2 nitrogen and oxygen atoms in total. The minimum absolute atomic E-state index is 0.264. The first-order valence-corrected chi connectivity index (χ1v) is 6.69. The lowest BCUT2D eigenvalue weighted by Crippen LogP contribution is -2.27. The Kier molecular flexibility index (Phi) is 4.02. The monoisotopic (exact) mass is 313 g/mol. The van der Waals surface area contributed by atoms with Gasteiger partial charge in [-0.3, -0.25) is 0 Å². The van der Waals surface area contributed by atoms with E-state index in [0.717, 1.165) is 4.73 Å². The molecule has 0 bridgehead atoms. The zero-order valence-electron chi connectivity index (χ0n) is 8.77. The third-order valence-electron chi connectivity index (χ3n) is 2.18. The van der Waals surface area contributed by atoms with Crippen LogP contribution in [0.15, 0.2) is 52.1 Å². The largest absolute Gasteiger partial charge is 0.618 e. The van der Waals surface area contributed by atoms with E-state index in [2.05, 4.69) is 15.9 Å². The number of thioether (sulfide) groups is 1. The molecule has 0 spiro atoms. The minimum Gasteiger partial charge on any atom is -0.618 e. The maximum Gasteiger partial charge on any atom is 0.251 e. The molecular formula is C12H9BrFNOS. The van der Waals surface area contributed by atoms with Gasteiger partial charge in [-0.25, -0.2) is 4.39 Å². The molecular weight excluding hydrogens is 305 g/mol. The van der Waals surface area contributed by atoms with Gasteiger partial charge < -0.3 is 5.21 Å². The third kappa shape index (κ3) is 3.20. The van der Waals surface area contributed by atoms with Crippen molar-refractivity contribution >= 4 is 27.7 Å². The molecule has 0 saturated carbocycles. The van der Waals surface area contributed by atoms with Crippen molar-refractivity contribution in [2.24, 2.45) is 0 Å². The molecule has 17 heavy (non-hydrogen) atoms. The predicted octanol–water partition coefficient (Wildman–Crippen LogP) is 3.51. The summed E-state index contributed by atoms with van der Waals surface area (Å²) < 4.78 is 15.0. The van der Waals surface area contributed by atoms with Crippen LogP contribution in [0.4, 0.5) is 4.39 Å². The predicted molar refractivity (Wildman–Crippen MR) is 69.1 cm³/mol. The van der Waals surface area contributed by atoms with E-state index in [9.17, 15) is 9.60 Å². The lowest BCUT2D eigenvalue weighted by molar-refractivity contribution is -0.645. The van der Waals surface area contributed by atoms with Crippen molar-refractivity contribution in [1.29, 1.82) is 0 Å². The maximum atomic E-state index is 13.5. The summed E-state index contributed by atoms with van der Waals surface area (Å²) in [5.41, 5.74) is 0.585. The van der Waals surface area contributed by atoms with E-state index in [1.165, 1.54) is 24.0 Å². The van der Waals surface area contributed by atoms with Gasteiger partial charge in [0.25, 0.3) is 5.03 Å². The van der Waals surface area contributed by atoms with Crippen LogP contribution in [-0.4, -0.2) is 0 Å². The zero-order chi connectivity index (χ0) is 12.3. The molecule has 0 radical (unpaired) electrons. The fourth-order valence-corrected chi connectivity index (χ4v) is 2.55.